The molecule has 4 rings (SSSR count). The summed E-state index contributed by atoms with van der Waals surface area (Å²) in [6.07, 6.45) is 1.98. The van der Waals surface area contributed by atoms with Crippen LogP contribution in [0, 0.1) is 0 Å². The summed E-state index contributed by atoms with van der Waals surface area (Å²) in [4.78, 5) is 19.2. The van der Waals surface area contributed by atoms with Crippen LogP contribution in [0.3, 0.4) is 0 Å². The molecule has 0 spiro atoms. The molecule has 27 heavy (non-hydrogen) atoms. The van der Waals surface area contributed by atoms with Crippen LogP contribution >= 0.6 is 43.2 Å². The Balaban J connectivity index is 1.31. The predicted octanol–water partition coefficient (Wildman–Crippen LogP) is 4.46. The van der Waals surface area contributed by atoms with Gasteiger partial charge in [-0.2, -0.15) is 0 Å². The molecule has 4 N–H and O–H groups in total. The monoisotopic (exact) mass is 511 g/mol. The van der Waals surface area contributed by atoms with E-state index in [0.717, 1.165) is 46.9 Å². The van der Waals surface area contributed by atoms with Gasteiger partial charge in [0.2, 0.25) is 5.95 Å². The number of aromatic amines is 1. The summed E-state index contributed by atoms with van der Waals surface area (Å²) >= 11 is 8.62. The van der Waals surface area contributed by atoms with Gasteiger partial charge in [0, 0.05) is 28.1 Å². The summed E-state index contributed by atoms with van der Waals surface area (Å²) in [6.45, 7) is 2.58. The highest BCUT2D eigenvalue weighted by molar-refractivity contribution is 9.11. The molecule has 3 heterocycles. The van der Waals surface area contributed by atoms with Gasteiger partial charge in [0.25, 0.3) is 5.56 Å². The Morgan fingerprint density at radius 2 is 2.19 bits per heavy atom. The van der Waals surface area contributed by atoms with E-state index in [2.05, 4.69) is 69.9 Å². The summed E-state index contributed by atoms with van der Waals surface area (Å²) in [5.41, 5.74) is 3.11. The lowest BCUT2D eigenvalue weighted by Gasteiger charge is -2.29. The molecule has 1 aromatic carbocycles. The third-order valence-electron chi connectivity index (χ3n) is 4.55. The van der Waals surface area contributed by atoms with E-state index in [1.165, 1.54) is 22.6 Å². The molecule has 142 valence electrons. The Kier molecular flexibility index (Phi) is 5.82. The molecule has 0 radical (unpaired) electrons. The maximum absolute atomic E-state index is 12.0. The lowest BCUT2D eigenvalue weighted by molar-refractivity contribution is 0.497. The minimum atomic E-state index is -0.0851. The smallest absolute Gasteiger partial charge is 0.270 e. The van der Waals surface area contributed by atoms with Gasteiger partial charge < -0.3 is 16.0 Å². The maximum Gasteiger partial charge on any atom is 0.270 e. The van der Waals surface area contributed by atoms with Crippen LogP contribution in [0.25, 0.3) is 10.2 Å². The Bertz CT molecular complexity index is 1020. The molecule has 9 heteroatoms. The number of hydrogen-bond acceptors (Lipinski definition) is 6. The average molecular weight is 513 g/mol. The Morgan fingerprint density at radius 1 is 1.30 bits per heavy atom. The Labute approximate surface area is 177 Å². The Hall–Kier alpha value is -1.42. The molecule has 6 nitrogen and oxygen atoms in total. The third-order valence-corrected chi connectivity index (χ3v) is 6.53. The molecule has 0 aliphatic carbocycles. The highest BCUT2D eigenvalue weighted by atomic mass is 79.9. The topological polar surface area (TPSA) is 81.8 Å². The van der Waals surface area contributed by atoms with Crippen LogP contribution in [0.4, 0.5) is 11.6 Å². The number of nitrogens with zero attached hydrogens (tertiary/aromatic N) is 1. The van der Waals surface area contributed by atoms with Gasteiger partial charge >= 0.3 is 0 Å². The number of rotatable bonds is 6. The van der Waals surface area contributed by atoms with E-state index in [0.29, 0.717) is 16.7 Å². The first-order chi connectivity index (χ1) is 13.1. The number of benzene rings is 1. The van der Waals surface area contributed by atoms with Gasteiger partial charge in [-0.3, -0.25) is 9.78 Å². The summed E-state index contributed by atoms with van der Waals surface area (Å²) in [6, 6.07) is 6.44. The molecule has 3 aromatic rings. The summed E-state index contributed by atoms with van der Waals surface area (Å²) in [5.74, 6) is 0.533. The van der Waals surface area contributed by atoms with Crippen molar-refractivity contribution in [2.24, 2.45) is 0 Å². The standard InChI is InChI=1S/C18H19Br2N5OS/c19-10-8-11-13(2-6-22-15(11)12(20)9-10)21-4-1-5-23-18-24-14-3-7-27-16(14)17(26)25-18/h3,7-9,13,21-22H,1-2,4-6H2,(H2,23,24,25,26)/t13-/m1/s1. The first-order valence-corrected chi connectivity index (χ1v) is 11.3. The number of nitrogens with one attached hydrogen (secondary N) is 4. The average Bonchev–Trinajstić information content (AvgIpc) is 3.11. The SMILES string of the molecule is O=c1[nH]c(NCCCN[C@@H]2CCNc3c(Br)cc(Br)cc32)nc2ccsc12. The molecule has 0 unspecified atom stereocenters. The van der Waals surface area contributed by atoms with Gasteiger partial charge in [0.15, 0.2) is 0 Å². The van der Waals surface area contributed by atoms with E-state index in [1.54, 1.807) is 0 Å². The molecule has 1 aliphatic heterocycles. The minimum absolute atomic E-state index is 0.0851. The molecule has 0 saturated carbocycles. The molecule has 0 bridgehead atoms. The van der Waals surface area contributed by atoms with Crippen LogP contribution in [0.1, 0.15) is 24.4 Å². The van der Waals surface area contributed by atoms with E-state index < -0.39 is 0 Å². The van der Waals surface area contributed by atoms with Gasteiger partial charge in [-0.05, 0) is 64.5 Å². The third kappa shape index (κ3) is 4.21. The van der Waals surface area contributed by atoms with E-state index in [-0.39, 0.29) is 5.56 Å². The zero-order chi connectivity index (χ0) is 18.8. The normalized spacial score (nSPS) is 16.1. The van der Waals surface area contributed by atoms with Crippen molar-refractivity contribution in [3.8, 4) is 0 Å². The molecule has 0 saturated heterocycles. The summed E-state index contributed by atoms with van der Waals surface area (Å²) < 4.78 is 2.83. The van der Waals surface area contributed by atoms with Crippen molar-refractivity contribution in [1.29, 1.82) is 0 Å². The number of halogens is 2. The van der Waals surface area contributed by atoms with E-state index >= 15 is 0 Å². The summed E-state index contributed by atoms with van der Waals surface area (Å²) in [7, 11) is 0. The minimum Gasteiger partial charge on any atom is -0.384 e. The summed E-state index contributed by atoms with van der Waals surface area (Å²) in [5, 5.41) is 12.2. The number of aromatic nitrogens is 2. The van der Waals surface area contributed by atoms with E-state index in [9.17, 15) is 4.79 Å². The van der Waals surface area contributed by atoms with Crippen LogP contribution in [0.5, 0.6) is 0 Å². The molecule has 1 atom stereocenters. The van der Waals surface area contributed by atoms with Crippen LogP contribution in [-0.2, 0) is 0 Å². The van der Waals surface area contributed by atoms with Gasteiger partial charge in [-0.15, -0.1) is 11.3 Å². The maximum atomic E-state index is 12.0. The van der Waals surface area contributed by atoms with Crippen molar-refractivity contribution < 1.29 is 0 Å². The van der Waals surface area contributed by atoms with Gasteiger partial charge in [-0.25, -0.2) is 4.98 Å². The number of thiophene rings is 1. The lowest BCUT2D eigenvalue weighted by Crippen LogP contribution is -2.30. The number of fused-ring (bicyclic) bond motifs is 2. The van der Waals surface area contributed by atoms with Crippen LogP contribution in [0.15, 0.2) is 37.3 Å². The van der Waals surface area contributed by atoms with Crippen LogP contribution in [0.2, 0.25) is 0 Å². The van der Waals surface area contributed by atoms with Crippen molar-refractivity contribution in [1.82, 2.24) is 15.3 Å². The zero-order valence-electron chi connectivity index (χ0n) is 14.4. The van der Waals surface area contributed by atoms with Crippen molar-refractivity contribution in [3.63, 3.8) is 0 Å². The number of anilines is 2. The second-order valence-electron chi connectivity index (χ2n) is 6.40. The van der Waals surface area contributed by atoms with E-state index in [1.807, 2.05) is 11.4 Å². The fraction of sp³-hybridized carbons (Fsp3) is 0.333. The molecular weight excluding hydrogens is 494 g/mol. The fourth-order valence-electron chi connectivity index (χ4n) is 3.29. The largest absolute Gasteiger partial charge is 0.384 e. The molecule has 0 amide bonds. The predicted molar refractivity (Wildman–Crippen MR) is 119 cm³/mol. The van der Waals surface area contributed by atoms with Gasteiger partial charge in [0.05, 0.1) is 11.2 Å². The van der Waals surface area contributed by atoms with Crippen LogP contribution in [-0.4, -0.2) is 29.6 Å². The van der Waals surface area contributed by atoms with Crippen molar-refractivity contribution in [3.05, 3.63) is 48.4 Å². The highest BCUT2D eigenvalue weighted by Crippen LogP contribution is 2.38. The lowest BCUT2D eigenvalue weighted by atomic mass is 9.98. The zero-order valence-corrected chi connectivity index (χ0v) is 18.4. The van der Waals surface area contributed by atoms with Crippen molar-refractivity contribution in [2.45, 2.75) is 18.9 Å². The fourth-order valence-corrected chi connectivity index (χ4v) is 5.42. The molecular formula is C18H19Br2N5OS. The second kappa shape index (κ2) is 8.30. The first-order valence-electron chi connectivity index (χ1n) is 8.79. The highest BCUT2D eigenvalue weighted by Gasteiger charge is 2.21. The van der Waals surface area contributed by atoms with Crippen molar-refractivity contribution >= 4 is 65.0 Å². The van der Waals surface area contributed by atoms with Crippen molar-refractivity contribution in [2.75, 3.05) is 30.3 Å². The van der Waals surface area contributed by atoms with Gasteiger partial charge in [-0.1, -0.05) is 15.9 Å². The number of hydrogen-bond donors (Lipinski definition) is 4. The second-order valence-corrected chi connectivity index (χ2v) is 9.09. The van der Waals surface area contributed by atoms with Gasteiger partial charge in [0.1, 0.15) is 4.70 Å². The first kappa shape index (κ1) is 18.9. The Morgan fingerprint density at radius 3 is 3.07 bits per heavy atom. The van der Waals surface area contributed by atoms with E-state index in [4.69, 9.17) is 0 Å². The van der Waals surface area contributed by atoms with Crippen LogP contribution < -0.4 is 21.5 Å². The quantitative estimate of drug-likeness (QED) is 0.366. The molecule has 2 aromatic heterocycles. The molecule has 1 aliphatic rings. The molecule has 0 fully saturated rings. The number of H-pyrrole nitrogens is 1.